The summed E-state index contributed by atoms with van der Waals surface area (Å²) in [5.41, 5.74) is 11.8. The molecule has 11 aromatic rings. The summed E-state index contributed by atoms with van der Waals surface area (Å²) in [6.07, 6.45) is 0. The molecule has 0 spiro atoms. The van der Waals surface area contributed by atoms with Gasteiger partial charge in [0.2, 0.25) is 0 Å². The number of aromatic nitrogens is 1. The van der Waals surface area contributed by atoms with E-state index in [1.807, 2.05) is 11.3 Å². The fourth-order valence-corrected chi connectivity index (χ4v) is 9.47. The first-order chi connectivity index (χ1) is 27.3. The van der Waals surface area contributed by atoms with E-state index in [9.17, 15) is 0 Å². The number of hydrogen-bond donors (Lipinski definition) is 0. The second-order valence-corrected chi connectivity index (χ2v) is 15.2. The molecule has 0 unspecified atom stereocenters. The van der Waals surface area contributed by atoms with Crippen LogP contribution >= 0.6 is 11.3 Å². The lowest BCUT2D eigenvalue weighted by molar-refractivity contribution is 1.19. The highest BCUT2D eigenvalue weighted by Gasteiger charge is 2.17. The second-order valence-electron chi connectivity index (χ2n) is 14.2. The summed E-state index contributed by atoms with van der Waals surface area (Å²) in [5, 5.41) is 7.60. The average Bonchev–Trinajstić information content (AvgIpc) is 3.79. The van der Waals surface area contributed by atoms with Gasteiger partial charge in [-0.05, 0) is 112 Å². The lowest BCUT2D eigenvalue weighted by atomic mass is 9.93. The smallest absolute Gasteiger partial charge is 0.0541 e. The van der Waals surface area contributed by atoms with Gasteiger partial charge in [-0.25, -0.2) is 0 Å². The number of nitrogens with zero attached hydrogens (tertiary/aromatic N) is 2. The lowest BCUT2D eigenvalue weighted by Crippen LogP contribution is -2.09. The number of hydrogen-bond acceptors (Lipinski definition) is 2. The first kappa shape index (κ1) is 31.6. The Morgan fingerprint density at radius 1 is 0.345 bits per heavy atom. The molecule has 0 fully saturated rings. The van der Waals surface area contributed by atoms with Gasteiger partial charge in [0, 0.05) is 53.7 Å². The summed E-state index contributed by atoms with van der Waals surface area (Å²) in [5.74, 6) is 0. The van der Waals surface area contributed by atoms with E-state index in [1.54, 1.807) is 0 Å². The topological polar surface area (TPSA) is 8.17 Å². The molecule has 3 heteroatoms. The van der Waals surface area contributed by atoms with Gasteiger partial charge in [-0.15, -0.1) is 11.3 Å². The van der Waals surface area contributed by atoms with Gasteiger partial charge in [-0.3, -0.25) is 0 Å². The minimum Gasteiger partial charge on any atom is -0.310 e. The Morgan fingerprint density at radius 2 is 0.964 bits per heavy atom. The van der Waals surface area contributed by atoms with Crippen molar-refractivity contribution in [1.82, 2.24) is 4.57 Å². The molecule has 2 aromatic heterocycles. The Balaban J connectivity index is 1.00. The number of anilines is 3. The molecule has 0 radical (unpaired) electrons. The second kappa shape index (κ2) is 12.9. The van der Waals surface area contributed by atoms with Crippen molar-refractivity contribution in [3.8, 4) is 27.9 Å². The van der Waals surface area contributed by atoms with Crippen molar-refractivity contribution in [2.45, 2.75) is 0 Å². The number of rotatable bonds is 6. The van der Waals surface area contributed by atoms with Crippen LogP contribution in [0.2, 0.25) is 0 Å². The van der Waals surface area contributed by atoms with Crippen molar-refractivity contribution in [3.63, 3.8) is 0 Å². The van der Waals surface area contributed by atoms with Crippen LogP contribution in [0.15, 0.2) is 206 Å². The van der Waals surface area contributed by atoms with E-state index in [1.165, 1.54) is 80.7 Å². The van der Waals surface area contributed by atoms with Gasteiger partial charge in [-0.1, -0.05) is 127 Å². The third kappa shape index (κ3) is 5.32. The van der Waals surface area contributed by atoms with Crippen molar-refractivity contribution in [2.75, 3.05) is 4.90 Å². The van der Waals surface area contributed by atoms with E-state index >= 15 is 0 Å². The van der Waals surface area contributed by atoms with Crippen LogP contribution in [0.1, 0.15) is 0 Å². The maximum absolute atomic E-state index is 2.43. The van der Waals surface area contributed by atoms with Crippen molar-refractivity contribution in [3.05, 3.63) is 206 Å². The summed E-state index contributed by atoms with van der Waals surface area (Å²) in [7, 11) is 0. The summed E-state index contributed by atoms with van der Waals surface area (Å²) >= 11 is 1.86. The molecule has 0 N–H and O–H groups in total. The van der Waals surface area contributed by atoms with E-state index < -0.39 is 0 Å². The normalized spacial score (nSPS) is 11.6. The van der Waals surface area contributed by atoms with E-state index in [2.05, 4.69) is 216 Å². The highest BCUT2D eigenvalue weighted by Crippen LogP contribution is 2.42. The summed E-state index contributed by atoms with van der Waals surface area (Å²) < 4.78 is 5.08. The van der Waals surface area contributed by atoms with Crippen LogP contribution in [-0.4, -0.2) is 4.57 Å². The predicted octanol–water partition coefficient (Wildman–Crippen LogP) is 15.1. The molecule has 0 amide bonds. The molecular weight excluding hydrogens is 685 g/mol. The van der Waals surface area contributed by atoms with E-state index in [0.29, 0.717) is 0 Å². The minimum atomic E-state index is 1.12. The van der Waals surface area contributed by atoms with Gasteiger partial charge in [-0.2, -0.15) is 0 Å². The van der Waals surface area contributed by atoms with Gasteiger partial charge >= 0.3 is 0 Å². The van der Waals surface area contributed by atoms with E-state index in [4.69, 9.17) is 0 Å². The first-order valence-electron chi connectivity index (χ1n) is 18.8. The van der Waals surface area contributed by atoms with E-state index in [-0.39, 0.29) is 0 Å². The first-order valence-corrected chi connectivity index (χ1v) is 19.6. The Kier molecular flexibility index (Phi) is 7.39. The Morgan fingerprint density at radius 3 is 1.82 bits per heavy atom. The lowest BCUT2D eigenvalue weighted by Gasteiger charge is -2.26. The minimum absolute atomic E-state index is 1.12. The molecule has 9 aromatic carbocycles. The van der Waals surface area contributed by atoms with E-state index in [0.717, 1.165) is 17.1 Å². The third-order valence-corrected chi connectivity index (χ3v) is 12.1. The van der Waals surface area contributed by atoms with Crippen LogP contribution < -0.4 is 4.90 Å². The quantitative estimate of drug-likeness (QED) is 0.166. The summed E-state index contributed by atoms with van der Waals surface area (Å²) in [4.78, 5) is 2.34. The van der Waals surface area contributed by atoms with Crippen LogP contribution in [0.5, 0.6) is 0 Å². The van der Waals surface area contributed by atoms with Crippen LogP contribution in [0.25, 0.3) is 80.7 Å². The van der Waals surface area contributed by atoms with Crippen molar-refractivity contribution < 1.29 is 0 Å². The monoisotopic (exact) mass is 718 g/mol. The molecule has 11 rings (SSSR count). The molecule has 258 valence electrons. The Labute approximate surface area is 323 Å². The predicted molar refractivity (Wildman–Crippen MR) is 237 cm³/mol. The van der Waals surface area contributed by atoms with Crippen molar-refractivity contribution >= 4 is 81.1 Å². The zero-order chi connectivity index (χ0) is 36.3. The van der Waals surface area contributed by atoms with Gasteiger partial charge in [0.1, 0.15) is 0 Å². The molecule has 2 heterocycles. The molecule has 0 aliphatic rings. The van der Waals surface area contributed by atoms with Crippen LogP contribution in [0, 0.1) is 0 Å². The number of benzene rings is 9. The van der Waals surface area contributed by atoms with Gasteiger partial charge in [0.05, 0.1) is 11.0 Å². The largest absolute Gasteiger partial charge is 0.310 e. The maximum Gasteiger partial charge on any atom is 0.0541 e. The van der Waals surface area contributed by atoms with Crippen molar-refractivity contribution in [1.29, 1.82) is 0 Å². The molecule has 0 atom stereocenters. The fourth-order valence-electron chi connectivity index (χ4n) is 8.39. The number of para-hydroxylation sites is 2. The molecule has 0 aliphatic carbocycles. The van der Waals surface area contributed by atoms with Crippen LogP contribution in [0.4, 0.5) is 17.1 Å². The number of fused-ring (bicyclic) bond motifs is 7. The van der Waals surface area contributed by atoms with Gasteiger partial charge in [0.25, 0.3) is 0 Å². The fraction of sp³-hybridized carbons (Fsp3) is 0. The highest BCUT2D eigenvalue weighted by atomic mass is 32.1. The average molecular weight is 719 g/mol. The molecule has 0 saturated carbocycles. The summed E-state index contributed by atoms with van der Waals surface area (Å²) in [6, 6.07) is 75.2. The van der Waals surface area contributed by atoms with Gasteiger partial charge < -0.3 is 9.47 Å². The van der Waals surface area contributed by atoms with Crippen LogP contribution in [-0.2, 0) is 0 Å². The molecule has 0 saturated heterocycles. The molecule has 55 heavy (non-hydrogen) atoms. The SMILES string of the molecule is c1ccc(N(c2ccc(-c3ccccc3-c3ccc4c(c3)c3ccccc3n4-c3ccc4sc5ccccc5c4c3)cc2)c2ccc3ccccc3c2)cc1. The maximum atomic E-state index is 2.43. The van der Waals surface area contributed by atoms with Crippen LogP contribution in [0.3, 0.4) is 0 Å². The highest BCUT2D eigenvalue weighted by molar-refractivity contribution is 7.25. The summed E-state index contributed by atoms with van der Waals surface area (Å²) in [6.45, 7) is 0. The third-order valence-electron chi connectivity index (χ3n) is 11.0. The molecule has 2 nitrogen and oxygen atoms in total. The zero-order valence-electron chi connectivity index (χ0n) is 29.9. The Hall–Kier alpha value is -6.94. The van der Waals surface area contributed by atoms with Gasteiger partial charge in [0.15, 0.2) is 0 Å². The Bertz CT molecular complexity index is 3210. The molecular formula is C52H34N2S. The molecule has 0 bridgehead atoms. The molecule has 0 aliphatic heterocycles. The standard InChI is InChI=1S/C52H34N2S/c1-2-14-39(15-3-1)53(41-28-22-35-12-4-5-13-37(35)32-41)40-26-23-36(24-27-40)43-16-6-7-17-44(43)38-25-30-50-47(33-38)45-18-8-10-20-49(45)54(50)42-29-31-52-48(34-42)46-19-9-11-21-51(46)55-52/h1-34H. The number of thiophene rings is 1. The zero-order valence-corrected chi connectivity index (χ0v) is 30.7. The van der Waals surface area contributed by atoms with Crippen molar-refractivity contribution in [2.24, 2.45) is 0 Å².